The molecule has 0 fully saturated rings. The highest BCUT2D eigenvalue weighted by molar-refractivity contribution is 6.30. The summed E-state index contributed by atoms with van der Waals surface area (Å²) >= 11 is 5.88. The maximum atomic E-state index is 12.2. The molecule has 2 heterocycles. The first-order chi connectivity index (χ1) is 12.1. The summed E-state index contributed by atoms with van der Waals surface area (Å²) in [6.45, 7) is 2.49. The van der Waals surface area contributed by atoms with Gasteiger partial charge in [-0.2, -0.15) is 0 Å². The van der Waals surface area contributed by atoms with E-state index >= 15 is 0 Å². The quantitative estimate of drug-likeness (QED) is 0.699. The zero-order chi connectivity index (χ0) is 17.6. The first-order valence-corrected chi connectivity index (χ1v) is 8.17. The van der Waals surface area contributed by atoms with Gasteiger partial charge in [0.15, 0.2) is 5.82 Å². The van der Waals surface area contributed by atoms with Gasteiger partial charge in [-0.25, -0.2) is 0 Å². The number of nitrogens with zero attached hydrogens (tertiary/aromatic N) is 2. The van der Waals surface area contributed by atoms with E-state index in [0.29, 0.717) is 17.3 Å². The Hall–Kier alpha value is -2.86. The molecule has 0 atom stereocenters. The van der Waals surface area contributed by atoms with E-state index in [-0.39, 0.29) is 5.91 Å². The van der Waals surface area contributed by atoms with E-state index in [1.165, 1.54) is 5.56 Å². The molecule has 0 aliphatic heterocycles. The molecule has 3 rings (SSSR count). The molecule has 1 aromatic carbocycles. The predicted molar refractivity (Wildman–Crippen MR) is 97.1 cm³/mol. The monoisotopic (exact) mass is 356 g/mol. The molecule has 25 heavy (non-hydrogen) atoms. The molecule has 0 saturated carbocycles. The van der Waals surface area contributed by atoms with Gasteiger partial charge in [0.25, 0.3) is 5.91 Å². The number of carbonyl (C=O) groups is 1. The van der Waals surface area contributed by atoms with Gasteiger partial charge < -0.3 is 15.2 Å². The number of hydrogen-bond donors (Lipinski definition) is 2. The van der Waals surface area contributed by atoms with Crippen molar-refractivity contribution in [1.82, 2.24) is 10.1 Å². The van der Waals surface area contributed by atoms with Crippen molar-refractivity contribution in [3.05, 3.63) is 70.7 Å². The van der Waals surface area contributed by atoms with Crippen LogP contribution in [-0.2, 0) is 6.42 Å². The third-order valence-electron chi connectivity index (χ3n) is 3.52. The van der Waals surface area contributed by atoms with E-state index < -0.39 is 0 Å². The molecular weight excluding hydrogens is 340 g/mol. The second-order valence-electron chi connectivity index (χ2n) is 5.51. The highest BCUT2D eigenvalue weighted by atomic mass is 35.5. The molecule has 0 spiro atoms. The smallest absolute Gasteiger partial charge is 0.275 e. The standard InChI is InChI=1S/C18H17ClN4O2/c1-12-10-17(23-25-12)22-18(24)16-11-15(7-9-21-16)20-8-6-13-2-4-14(19)5-3-13/h2-5,7,9-11H,6,8H2,1H3,(H,20,21)(H,22,23,24). The number of anilines is 2. The van der Waals surface area contributed by atoms with Crippen molar-refractivity contribution in [3.8, 4) is 0 Å². The van der Waals surface area contributed by atoms with Gasteiger partial charge in [0.05, 0.1) is 0 Å². The maximum Gasteiger partial charge on any atom is 0.275 e. The Labute approximate surface area is 150 Å². The average Bonchev–Trinajstić information content (AvgIpc) is 3.02. The van der Waals surface area contributed by atoms with Crippen LogP contribution in [-0.4, -0.2) is 22.6 Å². The van der Waals surface area contributed by atoms with Crippen LogP contribution in [0, 0.1) is 6.92 Å². The van der Waals surface area contributed by atoms with Gasteiger partial charge >= 0.3 is 0 Å². The maximum absolute atomic E-state index is 12.2. The second-order valence-corrected chi connectivity index (χ2v) is 5.95. The van der Waals surface area contributed by atoms with Crippen molar-refractivity contribution in [2.45, 2.75) is 13.3 Å². The van der Waals surface area contributed by atoms with Crippen LogP contribution < -0.4 is 10.6 Å². The van der Waals surface area contributed by atoms with Crippen molar-refractivity contribution in [1.29, 1.82) is 0 Å². The molecule has 0 aliphatic carbocycles. The van der Waals surface area contributed by atoms with Crippen LogP contribution in [0.15, 0.2) is 53.2 Å². The number of hydrogen-bond acceptors (Lipinski definition) is 5. The first kappa shape index (κ1) is 17.0. The van der Waals surface area contributed by atoms with Crippen molar-refractivity contribution in [3.63, 3.8) is 0 Å². The SMILES string of the molecule is Cc1cc(NC(=O)c2cc(NCCc3ccc(Cl)cc3)ccn2)no1. The van der Waals surface area contributed by atoms with Crippen LogP contribution in [0.25, 0.3) is 0 Å². The molecule has 3 aromatic rings. The third-order valence-corrected chi connectivity index (χ3v) is 3.77. The zero-order valence-corrected chi connectivity index (χ0v) is 14.4. The van der Waals surface area contributed by atoms with Gasteiger partial charge in [-0.15, -0.1) is 0 Å². The molecule has 0 aliphatic rings. The lowest BCUT2D eigenvalue weighted by Gasteiger charge is -2.08. The summed E-state index contributed by atoms with van der Waals surface area (Å²) in [6, 6.07) is 12.9. The molecule has 0 saturated heterocycles. The number of aryl methyl sites for hydroxylation is 1. The second kappa shape index (κ2) is 7.81. The van der Waals surface area contributed by atoms with Crippen molar-refractivity contribution >= 4 is 29.0 Å². The number of nitrogens with one attached hydrogen (secondary N) is 2. The molecule has 7 heteroatoms. The fourth-order valence-corrected chi connectivity index (χ4v) is 2.40. The zero-order valence-electron chi connectivity index (χ0n) is 13.6. The third kappa shape index (κ3) is 4.81. The van der Waals surface area contributed by atoms with Crippen LogP contribution in [0.3, 0.4) is 0 Å². The van der Waals surface area contributed by atoms with Crippen LogP contribution in [0.2, 0.25) is 5.02 Å². The molecule has 1 amide bonds. The lowest BCUT2D eigenvalue weighted by atomic mass is 10.1. The van der Waals surface area contributed by atoms with E-state index in [2.05, 4.69) is 20.8 Å². The number of amides is 1. The Bertz CT molecular complexity index is 862. The van der Waals surface area contributed by atoms with Crippen molar-refractivity contribution in [2.75, 3.05) is 17.2 Å². The van der Waals surface area contributed by atoms with Gasteiger partial charge in [0.1, 0.15) is 11.5 Å². The number of rotatable bonds is 6. The number of pyridine rings is 1. The van der Waals surface area contributed by atoms with E-state index in [1.807, 2.05) is 30.3 Å². The van der Waals surface area contributed by atoms with Gasteiger partial charge in [0.2, 0.25) is 0 Å². The number of benzene rings is 1. The van der Waals surface area contributed by atoms with Gasteiger partial charge in [-0.05, 0) is 43.2 Å². The minimum Gasteiger partial charge on any atom is -0.385 e. The van der Waals surface area contributed by atoms with Crippen molar-refractivity contribution < 1.29 is 9.32 Å². The summed E-state index contributed by atoms with van der Waals surface area (Å²) < 4.78 is 4.92. The number of carbonyl (C=O) groups excluding carboxylic acids is 1. The highest BCUT2D eigenvalue weighted by Gasteiger charge is 2.10. The molecule has 0 radical (unpaired) electrons. The number of aromatic nitrogens is 2. The Morgan fingerprint density at radius 2 is 2.00 bits per heavy atom. The van der Waals surface area contributed by atoms with Crippen LogP contribution in [0.4, 0.5) is 11.5 Å². The largest absolute Gasteiger partial charge is 0.385 e. The van der Waals surface area contributed by atoms with Gasteiger partial charge in [-0.3, -0.25) is 9.78 Å². The fraction of sp³-hybridized carbons (Fsp3) is 0.167. The number of halogens is 1. The Morgan fingerprint density at radius 3 is 2.72 bits per heavy atom. The summed E-state index contributed by atoms with van der Waals surface area (Å²) in [5.41, 5.74) is 2.31. The van der Waals surface area contributed by atoms with Crippen molar-refractivity contribution in [2.24, 2.45) is 0 Å². The van der Waals surface area contributed by atoms with E-state index in [0.717, 1.165) is 23.7 Å². The summed E-state index contributed by atoms with van der Waals surface area (Å²) in [7, 11) is 0. The molecule has 2 N–H and O–H groups in total. The van der Waals surface area contributed by atoms with E-state index in [9.17, 15) is 4.79 Å². The Kier molecular flexibility index (Phi) is 5.30. The van der Waals surface area contributed by atoms with E-state index in [4.69, 9.17) is 16.1 Å². The first-order valence-electron chi connectivity index (χ1n) is 7.79. The lowest BCUT2D eigenvalue weighted by molar-refractivity contribution is 0.102. The summed E-state index contributed by atoms with van der Waals surface area (Å²) in [6.07, 6.45) is 2.44. The predicted octanol–water partition coefficient (Wildman–Crippen LogP) is 3.94. The molecule has 128 valence electrons. The van der Waals surface area contributed by atoms with Crippen LogP contribution in [0.1, 0.15) is 21.8 Å². The van der Waals surface area contributed by atoms with Gasteiger partial charge in [0, 0.05) is 29.5 Å². The highest BCUT2D eigenvalue weighted by Crippen LogP contribution is 2.13. The lowest BCUT2D eigenvalue weighted by Crippen LogP contribution is -2.14. The summed E-state index contributed by atoms with van der Waals surface area (Å²) in [5, 5.41) is 10.4. The molecule has 6 nitrogen and oxygen atoms in total. The molecule has 0 bridgehead atoms. The topological polar surface area (TPSA) is 80.0 Å². The molecule has 2 aromatic heterocycles. The molecule has 0 unspecified atom stereocenters. The van der Waals surface area contributed by atoms with Crippen LogP contribution in [0.5, 0.6) is 0 Å². The Balaban J connectivity index is 1.57. The molecular formula is C18H17ClN4O2. The minimum atomic E-state index is -0.338. The van der Waals surface area contributed by atoms with Gasteiger partial charge in [-0.1, -0.05) is 28.9 Å². The average molecular weight is 357 g/mol. The fourth-order valence-electron chi connectivity index (χ4n) is 2.27. The Morgan fingerprint density at radius 1 is 1.20 bits per heavy atom. The van der Waals surface area contributed by atoms with E-state index in [1.54, 1.807) is 25.3 Å². The minimum absolute atomic E-state index is 0.303. The van der Waals surface area contributed by atoms with Crippen LogP contribution >= 0.6 is 11.6 Å². The normalized spacial score (nSPS) is 10.5. The summed E-state index contributed by atoms with van der Waals surface area (Å²) in [4.78, 5) is 16.3. The summed E-state index contributed by atoms with van der Waals surface area (Å²) in [5.74, 6) is 0.654.